The molecule has 0 spiro atoms. The first-order valence-corrected chi connectivity index (χ1v) is 10.7. The van der Waals surface area contributed by atoms with Gasteiger partial charge in [-0.05, 0) is 66.0 Å². The molecule has 5 heteroatoms. The van der Waals surface area contributed by atoms with Crippen molar-refractivity contribution < 1.29 is 9.47 Å². The molecule has 4 aromatic rings. The molecule has 0 saturated carbocycles. The molecular weight excluding hydrogens is 380 g/mol. The highest BCUT2D eigenvalue weighted by atomic mass is 32.1. The average Bonchev–Trinajstić information content (AvgIpc) is 3.16. The van der Waals surface area contributed by atoms with Gasteiger partial charge < -0.3 is 14.8 Å². The van der Waals surface area contributed by atoms with Gasteiger partial charge in [0.1, 0.15) is 23.1 Å². The zero-order valence-corrected chi connectivity index (χ0v) is 17.2. The number of hydrogen-bond donors (Lipinski definition) is 1. The summed E-state index contributed by atoms with van der Waals surface area (Å²) in [4.78, 5) is 0. The van der Waals surface area contributed by atoms with Crippen LogP contribution in [-0.4, -0.2) is 11.0 Å². The van der Waals surface area contributed by atoms with Crippen LogP contribution in [0.5, 0.6) is 17.2 Å². The van der Waals surface area contributed by atoms with Gasteiger partial charge in [0.25, 0.3) is 0 Å². The first-order valence-electron chi connectivity index (χ1n) is 9.90. The number of benzene rings is 3. The lowest BCUT2D eigenvalue weighted by Gasteiger charge is -2.08. The molecule has 0 fully saturated rings. The molecule has 0 aliphatic rings. The van der Waals surface area contributed by atoms with Crippen LogP contribution >= 0.6 is 11.5 Å². The number of hydrogen-bond acceptors (Lipinski definition) is 5. The van der Waals surface area contributed by atoms with Gasteiger partial charge in [0, 0.05) is 11.9 Å². The average molecular weight is 405 g/mol. The van der Waals surface area contributed by atoms with Crippen molar-refractivity contribution in [2.24, 2.45) is 0 Å². The number of ether oxygens (including phenoxy) is 2. The Bertz CT molecular complexity index is 1050. The highest BCUT2D eigenvalue weighted by Crippen LogP contribution is 2.31. The summed E-state index contributed by atoms with van der Waals surface area (Å²) in [5, 5.41) is 4.56. The minimum absolute atomic E-state index is 0.700. The van der Waals surface area contributed by atoms with Crippen LogP contribution in [0.15, 0.2) is 72.8 Å². The Kier molecular flexibility index (Phi) is 6.27. The van der Waals surface area contributed by atoms with E-state index in [1.165, 1.54) is 17.1 Å². The monoisotopic (exact) mass is 404 g/mol. The van der Waals surface area contributed by atoms with Crippen molar-refractivity contribution in [2.45, 2.75) is 26.3 Å². The molecule has 0 saturated heterocycles. The van der Waals surface area contributed by atoms with Crippen molar-refractivity contribution >= 4 is 27.4 Å². The SMILES string of the molecule is CCCCOc1ccc2snc(NCc3ccc(Oc4ccccc4)cc3)c2c1. The van der Waals surface area contributed by atoms with Gasteiger partial charge >= 0.3 is 0 Å². The van der Waals surface area contributed by atoms with E-state index >= 15 is 0 Å². The zero-order valence-electron chi connectivity index (χ0n) is 16.4. The van der Waals surface area contributed by atoms with Crippen LogP contribution in [0.3, 0.4) is 0 Å². The number of aromatic nitrogens is 1. The normalized spacial score (nSPS) is 10.8. The summed E-state index contributed by atoms with van der Waals surface area (Å²) in [5.74, 6) is 3.46. The van der Waals surface area contributed by atoms with E-state index in [0.29, 0.717) is 6.54 Å². The Labute approximate surface area is 175 Å². The van der Waals surface area contributed by atoms with Gasteiger partial charge in [0.05, 0.1) is 11.3 Å². The van der Waals surface area contributed by atoms with E-state index in [-0.39, 0.29) is 0 Å². The fourth-order valence-electron chi connectivity index (χ4n) is 2.96. The first-order chi connectivity index (χ1) is 14.3. The highest BCUT2D eigenvalue weighted by Gasteiger charge is 2.08. The summed E-state index contributed by atoms with van der Waals surface area (Å²) in [7, 11) is 0. The molecule has 0 radical (unpaired) electrons. The third-order valence-corrected chi connectivity index (χ3v) is 5.40. The molecule has 0 unspecified atom stereocenters. The van der Waals surface area contributed by atoms with Crippen LogP contribution in [-0.2, 0) is 6.54 Å². The molecule has 0 atom stereocenters. The lowest BCUT2D eigenvalue weighted by atomic mass is 10.2. The van der Waals surface area contributed by atoms with Crippen molar-refractivity contribution in [3.8, 4) is 17.2 Å². The summed E-state index contributed by atoms with van der Waals surface area (Å²) in [6, 6.07) is 24.1. The van der Waals surface area contributed by atoms with Crippen LogP contribution in [0.4, 0.5) is 5.82 Å². The topological polar surface area (TPSA) is 43.4 Å². The number of nitrogens with one attached hydrogen (secondary N) is 1. The largest absolute Gasteiger partial charge is 0.494 e. The minimum Gasteiger partial charge on any atom is -0.494 e. The molecule has 0 aliphatic heterocycles. The van der Waals surface area contributed by atoms with Crippen molar-refractivity contribution in [1.82, 2.24) is 4.37 Å². The predicted octanol–water partition coefficient (Wildman–Crippen LogP) is 6.88. The maximum atomic E-state index is 5.85. The number of para-hydroxylation sites is 1. The van der Waals surface area contributed by atoms with Crippen LogP contribution < -0.4 is 14.8 Å². The number of rotatable bonds is 9. The minimum atomic E-state index is 0.700. The molecule has 4 rings (SSSR count). The maximum Gasteiger partial charge on any atom is 0.147 e. The third kappa shape index (κ3) is 5.06. The van der Waals surface area contributed by atoms with Gasteiger partial charge in [0.15, 0.2) is 0 Å². The smallest absolute Gasteiger partial charge is 0.147 e. The fourth-order valence-corrected chi connectivity index (χ4v) is 3.69. The van der Waals surface area contributed by atoms with Crippen molar-refractivity contribution in [1.29, 1.82) is 0 Å². The molecule has 4 nitrogen and oxygen atoms in total. The molecule has 1 heterocycles. The molecule has 1 N–H and O–H groups in total. The molecule has 0 amide bonds. The van der Waals surface area contributed by atoms with Crippen LogP contribution in [0.1, 0.15) is 25.3 Å². The van der Waals surface area contributed by atoms with E-state index < -0.39 is 0 Å². The Morgan fingerprint density at radius 2 is 1.66 bits per heavy atom. The van der Waals surface area contributed by atoms with Crippen LogP contribution in [0, 0.1) is 0 Å². The van der Waals surface area contributed by atoms with Gasteiger partial charge in [0.2, 0.25) is 0 Å². The lowest BCUT2D eigenvalue weighted by Crippen LogP contribution is -2.00. The Morgan fingerprint density at radius 3 is 2.45 bits per heavy atom. The molecule has 0 bridgehead atoms. The van der Waals surface area contributed by atoms with Crippen molar-refractivity contribution in [3.63, 3.8) is 0 Å². The van der Waals surface area contributed by atoms with E-state index in [1.54, 1.807) is 0 Å². The number of nitrogens with zero attached hydrogens (tertiary/aromatic N) is 1. The third-order valence-electron chi connectivity index (χ3n) is 4.57. The molecule has 29 heavy (non-hydrogen) atoms. The summed E-state index contributed by atoms with van der Waals surface area (Å²) >= 11 is 1.50. The summed E-state index contributed by atoms with van der Waals surface area (Å²) in [6.07, 6.45) is 2.19. The molecule has 0 aliphatic carbocycles. The summed E-state index contributed by atoms with van der Waals surface area (Å²) in [6.45, 7) is 3.61. The summed E-state index contributed by atoms with van der Waals surface area (Å²) < 4.78 is 17.4. The van der Waals surface area contributed by atoms with E-state index in [4.69, 9.17) is 9.47 Å². The van der Waals surface area contributed by atoms with Gasteiger partial charge in [-0.2, -0.15) is 4.37 Å². The van der Waals surface area contributed by atoms with E-state index in [0.717, 1.165) is 52.6 Å². The maximum absolute atomic E-state index is 5.85. The fraction of sp³-hybridized carbons (Fsp3) is 0.208. The Balaban J connectivity index is 1.39. The van der Waals surface area contributed by atoms with E-state index in [2.05, 4.69) is 40.9 Å². The van der Waals surface area contributed by atoms with Gasteiger partial charge in [-0.1, -0.05) is 43.7 Å². The van der Waals surface area contributed by atoms with Crippen molar-refractivity contribution in [2.75, 3.05) is 11.9 Å². The second-order valence-corrected chi connectivity index (χ2v) is 7.61. The van der Waals surface area contributed by atoms with Gasteiger partial charge in [-0.3, -0.25) is 0 Å². The second kappa shape index (κ2) is 9.43. The Morgan fingerprint density at radius 1 is 0.897 bits per heavy atom. The number of fused-ring (bicyclic) bond motifs is 1. The lowest BCUT2D eigenvalue weighted by molar-refractivity contribution is 0.310. The quantitative estimate of drug-likeness (QED) is 0.309. The van der Waals surface area contributed by atoms with Crippen molar-refractivity contribution in [3.05, 3.63) is 78.4 Å². The molecule has 3 aromatic carbocycles. The molecule has 148 valence electrons. The van der Waals surface area contributed by atoms with Gasteiger partial charge in [-0.15, -0.1) is 0 Å². The standard InChI is InChI=1S/C24H24N2O2S/c1-2-3-15-27-21-13-14-23-22(16-21)24(26-29-23)25-17-18-9-11-20(12-10-18)28-19-7-5-4-6-8-19/h4-14,16H,2-3,15,17H2,1H3,(H,25,26). The zero-order chi connectivity index (χ0) is 19.9. The highest BCUT2D eigenvalue weighted by molar-refractivity contribution is 7.13. The molecular formula is C24H24N2O2S. The summed E-state index contributed by atoms with van der Waals surface area (Å²) in [5.41, 5.74) is 1.17. The van der Waals surface area contributed by atoms with E-state index in [1.807, 2.05) is 48.5 Å². The number of unbranched alkanes of at least 4 members (excludes halogenated alkanes) is 1. The number of anilines is 1. The second-order valence-electron chi connectivity index (χ2n) is 6.80. The van der Waals surface area contributed by atoms with E-state index in [9.17, 15) is 0 Å². The van der Waals surface area contributed by atoms with Gasteiger partial charge in [-0.25, -0.2) is 0 Å². The first kappa shape index (κ1) is 19.3. The predicted molar refractivity (Wildman–Crippen MR) is 120 cm³/mol. The van der Waals surface area contributed by atoms with Crippen LogP contribution in [0.2, 0.25) is 0 Å². The van der Waals surface area contributed by atoms with Crippen LogP contribution in [0.25, 0.3) is 10.1 Å². The molecule has 1 aromatic heterocycles. The Hall–Kier alpha value is -3.05.